The number of hydrogen-bond acceptors (Lipinski definition) is 8. The van der Waals surface area contributed by atoms with Crippen molar-refractivity contribution in [2.75, 3.05) is 20.8 Å². The lowest BCUT2D eigenvalue weighted by molar-refractivity contribution is -0.148. The number of rotatable bonds is 6. The fourth-order valence-electron chi connectivity index (χ4n) is 2.98. The van der Waals surface area contributed by atoms with Crippen LogP contribution in [0, 0.1) is 0 Å². The number of hydrogen-bond donors (Lipinski definition) is 0. The maximum atomic E-state index is 12.8. The molecule has 26 heavy (non-hydrogen) atoms. The molecule has 0 fully saturated rings. The standard InChI is InChI=1S/C18H20N2O5S/c1-4-25-18(22)15-16(21)17-13(19-10-26-17)9-20(15)8-11-5-6-12(23-2)7-14(11)24-3/h5-7,10,15H,4,8-9H2,1-3H3. The average molecular weight is 376 g/mol. The maximum Gasteiger partial charge on any atom is 0.331 e. The summed E-state index contributed by atoms with van der Waals surface area (Å²) in [5, 5.41) is 0. The van der Waals surface area contributed by atoms with Crippen molar-refractivity contribution >= 4 is 23.1 Å². The number of thiazole rings is 1. The third-order valence-corrected chi connectivity index (χ3v) is 5.09. The van der Waals surface area contributed by atoms with Crippen LogP contribution in [0.2, 0.25) is 0 Å². The molecule has 7 nitrogen and oxygen atoms in total. The lowest BCUT2D eigenvalue weighted by atomic mass is 10.0. The van der Waals surface area contributed by atoms with Crippen LogP contribution in [0.4, 0.5) is 0 Å². The van der Waals surface area contributed by atoms with Crippen molar-refractivity contribution in [2.45, 2.75) is 26.1 Å². The molecule has 2 heterocycles. The van der Waals surface area contributed by atoms with Gasteiger partial charge in [-0.1, -0.05) is 6.07 Å². The highest BCUT2D eigenvalue weighted by atomic mass is 32.1. The number of Topliss-reactive ketones (excluding diaryl/α,β-unsaturated/α-hetero) is 1. The molecule has 3 rings (SSSR count). The molecule has 0 N–H and O–H groups in total. The molecule has 0 saturated heterocycles. The zero-order chi connectivity index (χ0) is 18.7. The van der Waals surface area contributed by atoms with E-state index in [1.807, 2.05) is 12.1 Å². The van der Waals surface area contributed by atoms with Crippen LogP contribution >= 0.6 is 11.3 Å². The minimum absolute atomic E-state index is 0.220. The lowest BCUT2D eigenvalue weighted by Crippen LogP contribution is -2.49. The molecule has 8 heteroatoms. The second-order valence-corrected chi connectivity index (χ2v) is 6.58. The van der Waals surface area contributed by atoms with E-state index in [2.05, 4.69) is 4.98 Å². The van der Waals surface area contributed by atoms with Gasteiger partial charge in [0.05, 0.1) is 36.9 Å². The summed E-state index contributed by atoms with van der Waals surface area (Å²) >= 11 is 1.26. The topological polar surface area (TPSA) is 78.0 Å². The molecular weight excluding hydrogens is 356 g/mol. The number of fused-ring (bicyclic) bond motifs is 1. The van der Waals surface area contributed by atoms with Gasteiger partial charge in [0.25, 0.3) is 0 Å². The third-order valence-electron chi connectivity index (χ3n) is 4.21. The second-order valence-electron chi connectivity index (χ2n) is 5.73. The van der Waals surface area contributed by atoms with E-state index in [-0.39, 0.29) is 12.4 Å². The SMILES string of the molecule is CCOC(=O)C1C(=O)c2scnc2CN1Cc1ccc(OC)cc1OC. The summed E-state index contributed by atoms with van der Waals surface area (Å²) in [6, 6.07) is 4.47. The maximum absolute atomic E-state index is 12.8. The number of nitrogens with zero attached hydrogens (tertiary/aromatic N) is 2. The Hall–Kier alpha value is -2.45. The van der Waals surface area contributed by atoms with Crippen molar-refractivity contribution < 1.29 is 23.8 Å². The molecule has 0 bridgehead atoms. The summed E-state index contributed by atoms with van der Waals surface area (Å²) in [7, 11) is 3.15. The zero-order valence-corrected chi connectivity index (χ0v) is 15.7. The Kier molecular flexibility index (Phi) is 5.53. The quantitative estimate of drug-likeness (QED) is 0.565. The van der Waals surface area contributed by atoms with Gasteiger partial charge >= 0.3 is 5.97 Å². The summed E-state index contributed by atoms with van der Waals surface area (Å²) in [4.78, 5) is 31.8. The van der Waals surface area contributed by atoms with Gasteiger partial charge in [0.1, 0.15) is 11.5 Å². The number of esters is 1. The van der Waals surface area contributed by atoms with Crippen molar-refractivity contribution in [3.05, 3.63) is 39.8 Å². The molecule has 0 aliphatic carbocycles. The molecule has 138 valence electrons. The molecule has 1 aliphatic rings. The Morgan fingerprint density at radius 3 is 2.85 bits per heavy atom. The third kappa shape index (κ3) is 3.42. The van der Waals surface area contributed by atoms with E-state index >= 15 is 0 Å². The van der Waals surface area contributed by atoms with Gasteiger partial charge < -0.3 is 14.2 Å². The Morgan fingerprint density at radius 1 is 1.35 bits per heavy atom. The van der Waals surface area contributed by atoms with Gasteiger partial charge in [0, 0.05) is 24.7 Å². The van der Waals surface area contributed by atoms with Crippen molar-refractivity contribution in [1.82, 2.24) is 9.88 Å². The van der Waals surface area contributed by atoms with Gasteiger partial charge in [-0.3, -0.25) is 9.69 Å². The average Bonchev–Trinajstić information content (AvgIpc) is 3.11. The van der Waals surface area contributed by atoms with E-state index in [4.69, 9.17) is 14.2 Å². The summed E-state index contributed by atoms with van der Waals surface area (Å²) in [5.41, 5.74) is 3.16. The summed E-state index contributed by atoms with van der Waals surface area (Å²) in [5.74, 6) is 0.497. The molecule has 0 spiro atoms. The van der Waals surface area contributed by atoms with E-state index in [1.54, 1.807) is 37.6 Å². The van der Waals surface area contributed by atoms with E-state index < -0.39 is 12.0 Å². The van der Waals surface area contributed by atoms with Crippen LogP contribution in [-0.4, -0.2) is 48.5 Å². The van der Waals surface area contributed by atoms with Crippen LogP contribution in [-0.2, 0) is 22.6 Å². The smallest absolute Gasteiger partial charge is 0.331 e. The first-order valence-corrected chi connectivity index (χ1v) is 9.05. The van der Waals surface area contributed by atoms with Gasteiger partial charge in [0.2, 0.25) is 5.78 Å². The van der Waals surface area contributed by atoms with Crippen LogP contribution in [0.15, 0.2) is 23.7 Å². The summed E-state index contributed by atoms with van der Waals surface area (Å²) in [6.45, 7) is 2.68. The molecule has 2 aromatic rings. The summed E-state index contributed by atoms with van der Waals surface area (Å²) < 4.78 is 15.8. The van der Waals surface area contributed by atoms with Crippen LogP contribution < -0.4 is 9.47 Å². The Balaban J connectivity index is 1.94. The number of ketones is 1. The molecule has 1 atom stereocenters. The predicted octanol–water partition coefficient (Wildman–Crippen LogP) is 2.29. The largest absolute Gasteiger partial charge is 0.497 e. The first-order chi connectivity index (χ1) is 12.6. The monoisotopic (exact) mass is 376 g/mol. The molecule has 0 saturated carbocycles. The molecule has 0 radical (unpaired) electrons. The van der Waals surface area contributed by atoms with Crippen molar-refractivity contribution in [1.29, 1.82) is 0 Å². The molecule has 0 amide bonds. The van der Waals surface area contributed by atoms with Gasteiger partial charge in [-0.05, 0) is 13.0 Å². The van der Waals surface area contributed by atoms with E-state index in [0.717, 1.165) is 5.56 Å². The molecular formula is C18H20N2O5S. The van der Waals surface area contributed by atoms with Gasteiger partial charge in [-0.25, -0.2) is 9.78 Å². The molecule has 1 aromatic heterocycles. The number of carbonyl (C=O) groups is 2. The normalized spacial score (nSPS) is 16.9. The lowest BCUT2D eigenvalue weighted by Gasteiger charge is -2.32. The molecule has 1 aliphatic heterocycles. The van der Waals surface area contributed by atoms with Crippen LogP contribution in [0.1, 0.15) is 27.9 Å². The van der Waals surface area contributed by atoms with Crippen molar-refractivity contribution in [3.8, 4) is 11.5 Å². The minimum atomic E-state index is -0.977. The Morgan fingerprint density at radius 2 is 2.15 bits per heavy atom. The van der Waals surface area contributed by atoms with Crippen LogP contribution in [0.25, 0.3) is 0 Å². The second kappa shape index (κ2) is 7.84. The van der Waals surface area contributed by atoms with Gasteiger partial charge in [-0.2, -0.15) is 0 Å². The fourth-order valence-corrected chi connectivity index (χ4v) is 3.75. The Labute approximate surface area is 155 Å². The fraction of sp³-hybridized carbons (Fsp3) is 0.389. The number of ether oxygens (including phenoxy) is 3. The van der Waals surface area contributed by atoms with Crippen molar-refractivity contribution in [2.24, 2.45) is 0 Å². The molecule has 1 aromatic carbocycles. The Bertz CT molecular complexity index is 820. The summed E-state index contributed by atoms with van der Waals surface area (Å²) in [6.07, 6.45) is 0. The van der Waals surface area contributed by atoms with E-state index in [1.165, 1.54) is 11.3 Å². The van der Waals surface area contributed by atoms with Gasteiger partial charge in [0.15, 0.2) is 6.04 Å². The number of methoxy groups -OCH3 is 2. The minimum Gasteiger partial charge on any atom is -0.497 e. The highest BCUT2D eigenvalue weighted by Crippen LogP contribution is 2.31. The first-order valence-electron chi connectivity index (χ1n) is 8.17. The highest BCUT2D eigenvalue weighted by molar-refractivity contribution is 7.12. The number of benzene rings is 1. The van der Waals surface area contributed by atoms with Gasteiger partial charge in [-0.15, -0.1) is 11.3 Å². The van der Waals surface area contributed by atoms with E-state index in [9.17, 15) is 9.59 Å². The number of aromatic nitrogens is 1. The first kappa shape index (κ1) is 18.3. The highest BCUT2D eigenvalue weighted by Gasteiger charge is 2.41. The number of carbonyl (C=O) groups excluding carboxylic acids is 2. The zero-order valence-electron chi connectivity index (χ0n) is 14.9. The predicted molar refractivity (Wildman–Crippen MR) is 95.7 cm³/mol. The van der Waals surface area contributed by atoms with Crippen LogP contribution in [0.5, 0.6) is 11.5 Å². The van der Waals surface area contributed by atoms with E-state index in [0.29, 0.717) is 35.2 Å². The van der Waals surface area contributed by atoms with Crippen LogP contribution in [0.3, 0.4) is 0 Å². The molecule has 1 unspecified atom stereocenters. The van der Waals surface area contributed by atoms with Crippen molar-refractivity contribution in [3.63, 3.8) is 0 Å².